The van der Waals surface area contributed by atoms with Gasteiger partial charge in [-0.15, -0.1) is 0 Å². The number of carbonyl (C=O) groups excluding carboxylic acids is 1. The Hall–Kier alpha value is -1.56. The Kier molecular flexibility index (Phi) is 7.09. The summed E-state index contributed by atoms with van der Waals surface area (Å²) >= 11 is 0. The van der Waals surface area contributed by atoms with E-state index in [0.717, 1.165) is 12.8 Å². The first-order valence-corrected chi connectivity index (χ1v) is 10.8. The molecule has 0 unspecified atom stereocenters. The molecule has 24 heavy (non-hydrogen) atoms. The van der Waals surface area contributed by atoms with Crippen molar-refractivity contribution in [3.05, 3.63) is 29.8 Å². The van der Waals surface area contributed by atoms with E-state index in [2.05, 4.69) is 10.6 Å². The van der Waals surface area contributed by atoms with Crippen molar-refractivity contribution in [2.75, 3.05) is 18.1 Å². The molecule has 0 bridgehead atoms. The molecule has 0 spiro atoms. The lowest BCUT2D eigenvalue weighted by atomic mass is 9.97. The third-order valence-electron chi connectivity index (χ3n) is 4.34. The molecule has 2 N–H and O–H groups in total. The van der Waals surface area contributed by atoms with Gasteiger partial charge < -0.3 is 10.6 Å². The van der Waals surface area contributed by atoms with Crippen molar-refractivity contribution in [2.45, 2.75) is 56.7 Å². The number of sulfone groups is 1. The number of hydrogen-bond donors (Lipinski definition) is 2. The van der Waals surface area contributed by atoms with Crippen LogP contribution in [0.25, 0.3) is 0 Å². The smallest absolute Gasteiger partial charge is 0.239 e. The maximum Gasteiger partial charge on any atom is 0.239 e. The van der Waals surface area contributed by atoms with Gasteiger partial charge in [0, 0.05) is 18.0 Å². The van der Waals surface area contributed by atoms with E-state index in [9.17, 15) is 13.2 Å². The summed E-state index contributed by atoms with van der Waals surface area (Å²) in [6.45, 7) is 0.164. The van der Waals surface area contributed by atoms with Crippen LogP contribution in [-0.2, 0) is 20.4 Å². The van der Waals surface area contributed by atoms with Gasteiger partial charge in [0.2, 0.25) is 5.91 Å². The monoisotopic (exact) mass is 352 g/mol. The number of para-hydroxylation sites is 1. The van der Waals surface area contributed by atoms with Crippen molar-refractivity contribution in [1.29, 1.82) is 0 Å². The van der Waals surface area contributed by atoms with Crippen LogP contribution >= 0.6 is 0 Å². The van der Waals surface area contributed by atoms with E-state index in [1.165, 1.54) is 38.4 Å². The molecule has 5 nitrogen and oxygen atoms in total. The molecule has 1 aromatic carbocycles. The van der Waals surface area contributed by atoms with Crippen molar-refractivity contribution < 1.29 is 13.2 Å². The van der Waals surface area contributed by atoms with E-state index in [0.29, 0.717) is 11.3 Å². The Labute approximate surface area is 145 Å². The Morgan fingerprint density at radius 1 is 1.08 bits per heavy atom. The van der Waals surface area contributed by atoms with Crippen LogP contribution in [0.3, 0.4) is 0 Å². The lowest BCUT2D eigenvalue weighted by Gasteiger charge is -2.21. The van der Waals surface area contributed by atoms with Gasteiger partial charge in [0.25, 0.3) is 0 Å². The molecule has 0 aromatic heterocycles. The van der Waals surface area contributed by atoms with Crippen LogP contribution in [-0.4, -0.2) is 33.2 Å². The molecule has 1 aromatic rings. The average Bonchev–Trinajstić information content (AvgIpc) is 2.47. The number of carbonyl (C=O) groups is 1. The van der Waals surface area contributed by atoms with Crippen LogP contribution < -0.4 is 10.6 Å². The predicted octanol–water partition coefficient (Wildman–Crippen LogP) is 2.87. The molecule has 0 radical (unpaired) electrons. The highest BCUT2D eigenvalue weighted by Crippen LogP contribution is 2.18. The summed E-state index contributed by atoms with van der Waals surface area (Å²) in [4.78, 5) is 12.2. The second-order valence-electron chi connectivity index (χ2n) is 6.69. The van der Waals surface area contributed by atoms with Crippen LogP contribution in [0.5, 0.6) is 0 Å². The van der Waals surface area contributed by atoms with Crippen LogP contribution in [0.1, 0.15) is 50.5 Å². The van der Waals surface area contributed by atoms with E-state index < -0.39 is 9.84 Å². The summed E-state index contributed by atoms with van der Waals surface area (Å²) in [7, 11) is -3.11. The highest BCUT2D eigenvalue weighted by Gasteiger charge is 2.14. The highest BCUT2D eigenvalue weighted by atomic mass is 32.2. The van der Waals surface area contributed by atoms with E-state index in [-0.39, 0.29) is 24.2 Å². The van der Waals surface area contributed by atoms with Crippen LogP contribution in [0.2, 0.25) is 0 Å². The molecule has 2 rings (SSSR count). The Morgan fingerprint density at radius 2 is 1.71 bits per heavy atom. The van der Waals surface area contributed by atoms with E-state index in [4.69, 9.17) is 0 Å². The van der Waals surface area contributed by atoms with Crippen molar-refractivity contribution >= 4 is 21.4 Å². The molecule has 1 saturated carbocycles. The Bertz CT molecular complexity index is 635. The molecule has 134 valence electrons. The fourth-order valence-electron chi connectivity index (χ4n) is 3.16. The number of hydrogen-bond acceptors (Lipinski definition) is 4. The normalized spacial score (nSPS) is 16.9. The van der Waals surface area contributed by atoms with Gasteiger partial charge >= 0.3 is 0 Å². The van der Waals surface area contributed by atoms with Gasteiger partial charge in [-0.1, -0.05) is 50.3 Å². The minimum Gasteiger partial charge on any atom is -0.376 e. The van der Waals surface area contributed by atoms with E-state index >= 15 is 0 Å². The highest BCUT2D eigenvalue weighted by molar-refractivity contribution is 7.89. The molecule has 6 heteroatoms. The number of anilines is 1. The molecule has 1 aliphatic rings. The SMILES string of the molecule is CS(=O)(=O)Cc1ccccc1NCC(=O)NC1CCCCCCC1. The summed E-state index contributed by atoms with van der Waals surface area (Å²) < 4.78 is 23.0. The zero-order chi connectivity index (χ0) is 17.4. The lowest BCUT2D eigenvalue weighted by molar-refractivity contribution is -0.120. The molecule has 0 heterocycles. The van der Waals surface area contributed by atoms with E-state index in [1.807, 2.05) is 12.1 Å². The van der Waals surface area contributed by atoms with Crippen LogP contribution in [0.4, 0.5) is 5.69 Å². The minimum atomic E-state index is -3.11. The molecule has 0 aliphatic heterocycles. The van der Waals surface area contributed by atoms with Crippen molar-refractivity contribution in [2.24, 2.45) is 0 Å². The molecule has 0 saturated heterocycles. The maximum atomic E-state index is 12.2. The fourth-order valence-corrected chi connectivity index (χ4v) is 3.97. The van der Waals surface area contributed by atoms with Gasteiger partial charge in [0.15, 0.2) is 9.84 Å². The summed E-state index contributed by atoms with van der Waals surface area (Å²) in [6.07, 6.45) is 9.48. The number of nitrogens with one attached hydrogen (secondary N) is 2. The first-order valence-electron chi connectivity index (χ1n) is 8.73. The molecule has 1 aliphatic carbocycles. The maximum absolute atomic E-state index is 12.2. The summed E-state index contributed by atoms with van der Waals surface area (Å²) in [5.74, 6) is -0.0600. The van der Waals surface area contributed by atoms with Gasteiger partial charge in [-0.3, -0.25) is 4.79 Å². The van der Waals surface area contributed by atoms with Crippen LogP contribution in [0, 0.1) is 0 Å². The quantitative estimate of drug-likeness (QED) is 0.825. The van der Waals surface area contributed by atoms with Crippen molar-refractivity contribution in [3.63, 3.8) is 0 Å². The third kappa shape index (κ3) is 6.91. The summed E-state index contributed by atoms with van der Waals surface area (Å²) in [5, 5.41) is 6.18. The minimum absolute atomic E-state index is 0.0274. The lowest BCUT2D eigenvalue weighted by Crippen LogP contribution is -2.38. The molecular formula is C18H28N2O3S. The molecule has 0 atom stereocenters. The summed E-state index contributed by atoms with van der Waals surface area (Å²) in [5.41, 5.74) is 1.40. The van der Waals surface area contributed by atoms with Gasteiger partial charge in [0.05, 0.1) is 12.3 Å². The van der Waals surface area contributed by atoms with Gasteiger partial charge in [-0.25, -0.2) is 8.42 Å². The largest absolute Gasteiger partial charge is 0.376 e. The Morgan fingerprint density at radius 3 is 2.38 bits per heavy atom. The Balaban J connectivity index is 1.87. The number of amides is 1. The van der Waals surface area contributed by atoms with Crippen molar-refractivity contribution in [1.82, 2.24) is 5.32 Å². The standard InChI is InChI=1S/C18H28N2O3S/c1-24(22,23)14-15-9-7-8-12-17(15)19-13-18(21)20-16-10-5-3-2-4-6-11-16/h7-9,12,16,19H,2-6,10-11,13-14H2,1H3,(H,20,21). The summed E-state index contributed by atoms with van der Waals surface area (Å²) in [6, 6.07) is 7.49. The van der Waals surface area contributed by atoms with Gasteiger partial charge in [0.1, 0.15) is 0 Å². The van der Waals surface area contributed by atoms with Crippen molar-refractivity contribution in [3.8, 4) is 0 Å². The van der Waals surface area contributed by atoms with Gasteiger partial charge in [-0.2, -0.15) is 0 Å². The molecular weight excluding hydrogens is 324 g/mol. The third-order valence-corrected chi connectivity index (χ3v) is 5.18. The fraction of sp³-hybridized carbons (Fsp3) is 0.611. The molecule has 1 fully saturated rings. The van der Waals surface area contributed by atoms with E-state index in [1.54, 1.807) is 12.1 Å². The zero-order valence-corrected chi connectivity index (χ0v) is 15.2. The second-order valence-corrected chi connectivity index (χ2v) is 8.83. The average molecular weight is 353 g/mol. The first kappa shape index (κ1) is 18.8. The topological polar surface area (TPSA) is 75.3 Å². The predicted molar refractivity (Wildman–Crippen MR) is 97.7 cm³/mol. The van der Waals surface area contributed by atoms with Crippen LogP contribution in [0.15, 0.2) is 24.3 Å². The second kappa shape index (κ2) is 9.06. The zero-order valence-electron chi connectivity index (χ0n) is 14.4. The first-order chi connectivity index (χ1) is 11.4. The van der Waals surface area contributed by atoms with Gasteiger partial charge in [-0.05, 0) is 24.5 Å². The molecule has 1 amide bonds. The number of benzene rings is 1. The number of rotatable bonds is 6.